The van der Waals surface area contributed by atoms with Gasteiger partial charge in [0.25, 0.3) is 5.91 Å². The average molecular weight is 303 g/mol. The molecular weight excluding hydrogens is 284 g/mol. The van der Waals surface area contributed by atoms with E-state index >= 15 is 0 Å². The van der Waals surface area contributed by atoms with Gasteiger partial charge < -0.3 is 10.3 Å². The van der Waals surface area contributed by atoms with Gasteiger partial charge in [0.15, 0.2) is 0 Å². The summed E-state index contributed by atoms with van der Waals surface area (Å²) in [6.45, 7) is 2.07. The number of rotatable bonds is 6. The summed E-state index contributed by atoms with van der Waals surface area (Å²) in [5, 5.41) is 0.241. The average Bonchev–Trinajstić information content (AvgIpc) is 2.42. The number of hydrogen-bond acceptors (Lipinski definition) is 5. The number of pyridine rings is 1. The zero-order valence-corrected chi connectivity index (χ0v) is 12.9. The molecule has 0 aromatic carbocycles. The van der Waals surface area contributed by atoms with Gasteiger partial charge in [0.05, 0.1) is 0 Å². The second kappa shape index (κ2) is 7.57. The van der Waals surface area contributed by atoms with Crippen molar-refractivity contribution in [3.63, 3.8) is 0 Å². The van der Waals surface area contributed by atoms with Gasteiger partial charge in [-0.2, -0.15) is 11.8 Å². The molecule has 0 aliphatic heterocycles. The third-order valence-corrected chi connectivity index (χ3v) is 3.80. The minimum atomic E-state index is -0.0818. The van der Waals surface area contributed by atoms with Gasteiger partial charge in [0.2, 0.25) is 0 Å². The number of nitrogens with one attached hydrogen (secondary N) is 1. The highest BCUT2D eigenvalue weighted by Crippen LogP contribution is 2.17. The van der Waals surface area contributed by atoms with Crippen LogP contribution in [0.25, 0.3) is 0 Å². The molecule has 0 aliphatic carbocycles. The third kappa shape index (κ3) is 4.26. The van der Waals surface area contributed by atoms with Gasteiger partial charge in [-0.1, -0.05) is 18.5 Å². The standard InChI is InChI=1S/C12H19ClN4OS/c1-4-9(7-19-3)17(2)12(18)8-5-10(13)15-11(6-8)16-14/h5-6,9H,4,7,14H2,1-3H3,(H,15,16). The van der Waals surface area contributed by atoms with Crippen molar-refractivity contribution in [2.45, 2.75) is 19.4 Å². The largest absolute Gasteiger partial charge is 0.338 e. The first-order chi connectivity index (χ1) is 9.03. The number of carbonyl (C=O) groups excluding carboxylic acids is 1. The zero-order valence-electron chi connectivity index (χ0n) is 11.3. The Morgan fingerprint density at radius 2 is 2.32 bits per heavy atom. The van der Waals surface area contributed by atoms with Gasteiger partial charge in [-0.05, 0) is 24.8 Å². The summed E-state index contributed by atoms with van der Waals surface area (Å²) in [4.78, 5) is 18.1. The van der Waals surface area contributed by atoms with Crippen LogP contribution < -0.4 is 11.3 Å². The minimum absolute atomic E-state index is 0.0818. The number of nitrogen functional groups attached to an aromatic ring is 1. The van der Waals surface area contributed by atoms with Crippen molar-refractivity contribution in [1.29, 1.82) is 0 Å². The van der Waals surface area contributed by atoms with Crippen LogP contribution in [0.2, 0.25) is 5.15 Å². The molecule has 0 radical (unpaired) electrons. The van der Waals surface area contributed by atoms with E-state index in [1.807, 2.05) is 6.26 Å². The fourth-order valence-electron chi connectivity index (χ4n) is 1.76. The van der Waals surface area contributed by atoms with Crippen LogP contribution in [0.3, 0.4) is 0 Å². The predicted molar refractivity (Wildman–Crippen MR) is 81.6 cm³/mol. The lowest BCUT2D eigenvalue weighted by atomic mass is 10.1. The van der Waals surface area contributed by atoms with Crippen molar-refractivity contribution in [3.05, 3.63) is 22.8 Å². The summed E-state index contributed by atoms with van der Waals surface area (Å²) in [5.74, 6) is 6.50. The highest BCUT2D eigenvalue weighted by atomic mass is 35.5. The maximum absolute atomic E-state index is 12.4. The molecule has 1 amide bonds. The van der Waals surface area contributed by atoms with Gasteiger partial charge in [-0.25, -0.2) is 10.8 Å². The Balaban J connectivity index is 2.95. The first kappa shape index (κ1) is 16.1. The van der Waals surface area contributed by atoms with E-state index in [1.165, 1.54) is 0 Å². The summed E-state index contributed by atoms with van der Waals surface area (Å²) in [6, 6.07) is 3.34. The van der Waals surface area contributed by atoms with Crippen molar-refractivity contribution in [1.82, 2.24) is 9.88 Å². The summed E-state index contributed by atoms with van der Waals surface area (Å²) < 4.78 is 0. The fourth-order valence-corrected chi connectivity index (χ4v) is 2.81. The molecule has 1 atom stereocenters. The predicted octanol–water partition coefficient (Wildman–Crippen LogP) is 2.23. The Morgan fingerprint density at radius 3 is 2.84 bits per heavy atom. The molecule has 1 aromatic rings. The van der Waals surface area contributed by atoms with E-state index in [0.717, 1.165) is 12.2 Å². The molecule has 1 heterocycles. The number of anilines is 1. The number of nitrogens with zero attached hydrogens (tertiary/aromatic N) is 2. The number of hydrazine groups is 1. The Kier molecular flexibility index (Phi) is 6.41. The highest BCUT2D eigenvalue weighted by Gasteiger charge is 2.20. The Labute approximate surface area is 122 Å². The zero-order chi connectivity index (χ0) is 14.4. The third-order valence-electron chi connectivity index (χ3n) is 2.89. The van der Waals surface area contributed by atoms with Crippen LogP contribution in [0.5, 0.6) is 0 Å². The summed E-state index contributed by atoms with van der Waals surface area (Å²) >= 11 is 7.59. The SMILES string of the molecule is CCC(CSC)N(C)C(=O)c1cc(Cl)nc(NN)c1. The summed E-state index contributed by atoms with van der Waals surface area (Å²) in [7, 11) is 1.80. The van der Waals surface area contributed by atoms with Crippen LogP contribution in [0, 0.1) is 0 Å². The molecule has 0 spiro atoms. The molecule has 106 valence electrons. The monoisotopic (exact) mass is 302 g/mol. The number of aromatic nitrogens is 1. The molecule has 1 aromatic heterocycles. The lowest BCUT2D eigenvalue weighted by molar-refractivity contribution is 0.0743. The van der Waals surface area contributed by atoms with Crippen LogP contribution in [0.1, 0.15) is 23.7 Å². The molecule has 0 bridgehead atoms. The molecule has 19 heavy (non-hydrogen) atoms. The molecule has 0 fully saturated rings. The molecule has 7 heteroatoms. The maximum Gasteiger partial charge on any atom is 0.254 e. The number of carbonyl (C=O) groups is 1. The minimum Gasteiger partial charge on any atom is -0.338 e. The van der Waals surface area contributed by atoms with E-state index < -0.39 is 0 Å². The second-order valence-corrected chi connectivity index (χ2v) is 5.44. The molecule has 0 aliphatic rings. The van der Waals surface area contributed by atoms with Gasteiger partial charge in [-0.3, -0.25) is 4.79 Å². The smallest absolute Gasteiger partial charge is 0.254 e. The maximum atomic E-state index is 12.4. The topological polar surface area (TPSA) is 71.2 Å². The van der Waals surface area contributed by atoms with Gasteiger partial charge in [0, 0.05) is 24.4 Å². The van der Waals surface area contributed by atoms with Gasteiger partial charge in [-0.15, -0.1) is 0 Å². The van der Waals surface area contributed by atoms with Gasteiger partial charge in [0.1, 0.15) is 11.0 Å². The lowest BCUT2D eigenvalue weighted by Crippen LogP contribution is -2.38. The second-order valence-electron chi connectivity index (χ2n) is 4.14. The van der Waals surface area contributed by atoms with Crippen molar-refractivity contribution < 1.29 is 4.79 Å². The van der Waals surface area contributed by atoms with Gasteiger partial charge >= 0.3 is 0 Å². The van der Waals surface area contributed by atoms with E-state index in [0.29, 0.717) is 11.4 Å². The van der Waals surface area contributed by atoms with E-state index in [2.05, 4.69) is 17.3 Å². The van der Waals surface area contributed by atoms with E-state index in [-0.39, 0.29) is 17.1 Å². The Bertz CT molecular complexity index is 444. The first-order valence-electron chi connectivity index (χ1n) is 5.93. The van der Waals surface area contributed by atoms with Crippen LogP contribution in [0.4, 0.5) is 5.82 Å². The van der Waals surface area contributed by atoms with Crippen molar-refractivity contribution in [2.75, 3.05) is 24.5 Å². The number of halogens is 1. The molecule has 1 unspecified atom stereocenters. The Hall–Kier alpha value is -0.980. The molecule has 3 N–H and O–H groups in total. The fraction of sp³-hybridized carbons (Fsp3) is 0.500. The van der Waals surface area contributed by atoms with Crippen molar-refractivity contribution in [3.8, 4) is 0 Å². The highest BCUT2D eigenvalue weighted by molar-refractivity contribution is 7.98. The summed E-state index contributed by atoms with van der Waals surface area (Å²) in [5.41, 5.74) is 2.88. The Morgan fingerprint density at radius 1 is 1.63 bits per heavy atom. The van der Waals surface area contributed by atoms with Crippen molar-refractivity contribution >= 4 is 35.1 Å². The number of nitrogens with two attached hydrogens (primary N) is 1. The molecule has 5 nitrogen and oxygen atoms in total. The molecule has 0 saturated heterocycles. The van der Waals surface area contributed by atoms with E-state index in [1.54, 1.807) is 35.8 Å². The van der Waals surface area contributed by atoms with Crippen LogP contribution in [-0.2, 0) is 0 Å². The quantitative estimate of drug-likeness (QED) is 0.479. The van der Waals surface area contributed by atoms with Crippen LogP contribution in [-0.4, -0.2) is 40.9 Å². The van der Waals surface area contributed by atoms with E-state index in [9.17, 15) is 4.79 Å². The van der Waals surface area contributed by atoms with Crippen LogP contribution in [0.15, 0.2) is 12.1 Å². The van der Waals surface area contributed by atoms with Crippen molar-refractivity contribution in [2.24, 2.45) is 5.84 Å². The van der Waals surface area contributed by atoms with E-state index in [4.69, 9.17) is 17.4 Å². The lowest BCUT2D eigenvalue weighted by Gasteiger charge is -2.27. The first-order valence-corrected chi connectivity index (χ1v) is 7.71. The molecular formula is C12H19ClN4OS. The molecule has 1 rings (SSSR count). The summed E-state index contributed by atoms with van der Waals surface area (Å²) in [6.07, 6.45) is 2.94. The number of hydrogen-bond donors (Lipinski definition) is 2. The normalized spacial score (nSPS) is 12.1. The molecule has 0 saturated carbocycles. The number of thioether (sulfide) groups is 1. The van der Waals surface area contributed by atoms with Crippen LogP contribution >= 0.6 is 23.4 Å². The number of amides is 1.